The van der Waals surface area contributed by atoms with E-state index in [-0.39, 0.29) is 6.42 Å². The maximum Gasteiger partial charge on any atom is 0.326 e. The number of para-hydroxylation sites is 1. The number of rotatable bonds is 9. The van der Waals surface area contributed by atoms with Gasteiger partial charge in [0.2, 0.25) is 5.91 Å². The molecule has 0 aliphatic carbocycles. The van der Waals surface area contributed by atoms with Crippen molar-refractivity contribution in [2.24, 2.45) is 0 Å². The Labute approximate surface area is 226 Å². The maximum absolute atomic E-state index is 14.2. The van der Waals surface area contributed by atoms with Crippen LogP contribution in [-0.4, -0.2) is 83.5 Å². The number of pyridine rings is 1. The number of likely N-dealkylation sites (N-methyl/N-ethyl adjacent to an activating group) is 1. The molecule has 1 aromatic heterocycles. The summed E-state index contributed by atoms with van der Waals surface area (Å²) in [4.78, 5) is 32.3. The molecule has 1 amide bonds. The molecule has 2 aromatic carbocycles. The summed E-state index contributed by atoms with van der Waals surface area (Å²) >= 11 is 0. The summed E-state index contributed by atoms with van der Waals surface area (Å²) in [5, 5.41) is 14.3. The summed E-state index contributed by atoms with van der Waals surface area (Å²) in [5.41, 5.74) is 2.08. The molecular weight excluding hydrogens is 502 g/mol. The van der Waals surface area contributed by atoms with E-state index in [4.69, 9.17) is 18.9 Å². The lowest BCUT2D eigenvalue weighted by atomic mass is 9.99. The quantitative estimate of drug-likeness (QED) is 0.426. The third kappa shape index (κ3) is 5.46. The van der Waals surface area contributed by atoms with Crippen LogP contribution in [0.5, 0.6) is 0 Å². The van der Waals surface area contributed by atoms with Crippen LogP contribution in [0.4, 0.5) is 5.69 Å². The number of amides is 1. The summed E-state index contributed by atoms with van der Waals surface area (Å²) < 4.78 is 24.0. The van der Waals surface area contributed by atoms with Gasteiger partial charge >= 0.3 is 5.97 Å². The van der Waals surface area contributed by atoms with E-state index >= 15 is 0 Å². The number of fused-ring (bicyclic) bond motifs is 2. The standard InChI is InChI=1S/C29H33N3O7/c1-29(2)38-24-23(37-28(36-4)25(24)39-29)22(31-19-14-8-12-18-13-9-15-30-21(18)19)26(33)32(3)20(27(34)35)16-17-10-6-5-7-11-17/h5-15,20,22-25,28,31H,16H2,1-4H3,(H,34,35)/t20-,22-,23+,24+,25+,28+/m0/s1. The molecule has 0 bridgehead atoms. The Hall–Kier alpha value is -3.57. The van der Waals surface area contributed by atoms with Gasteiger partial charge in [-0.1, -0.05) is 48.5 Å². The van der Waals surface area contributed by atoms with Crippen molar-refractivity contribution < 1.29 is 33.6 Å². The first kappa shape index (κ1) is 27.0. The van der Waals surface area contributed by atoms with Gasteiger partial charge in [0.15, 0.2) is 12.1 Å². The van der Waals surface area contributed by atoms with Gasteiger partial charge in [-0.2, -0.15) is 0 Å². The fourth-order valence-electron chi connectivity index (χ4n) is 5.32. The molecular formula is C29H33N3O7. The number of carbonyl (C=O) groups excluding carboxylic acids is 1. The molecule has 0 spiro atoms. The van der Waals surface area contributed by atoms with Crippen LogP contribution in [0, 0.1) is 0 Å². The lowest BCUT2D eigenvalue weighted by molar-refractivity contribution is -0.228. The van der Waals surface area contributed by atoms with Crippen LogP contribution in [0.3, 0.4) is 0 Å². The zero-order valence-corrected chi connectivity index (χ0v) is 22.3. The topological polar surface area (TPSA) is 119 Å². The Kier molecular flexibility index (Phi) is 7.55. The van der Waals surface area contributed by atoms with Gasteiger partial charge in [0.1, 0.15) is 30.4 Å². The Morgan fingerprint density at radius 1 is 1.08 bits per heavy atom. The fourth-order valence-corrected chi connectivity index (χ4v) is 5.32. The zero-order chi connectivity index (χ0) is 27.7. The normalized spacial score (nSPS) is 25.1. The van der Waals surface area contributed by atoms with E-state index in [0.717, 1.165) is 10.9 Å². The third-order valence-corrected chi connectivity index (χ3v) is 7.19. The number of anilines is 1. The minimum Gasteiger partial charge on any atom is -0.480 e. The van der Waals surface area contributed by atoms with Crippen LogP contribution in [0.2, 0.25) is 0 Å². The number of carboxylic acid groups (broad SMARTS) is 1. The first-order valence-corrected chi connectivity index (χ1v) is 12.9. The van der Waals surface area contributed by atoms with Crippen LogP contribution in [-0.2, 0) is 35.0 Å². The first-order chi connectivity index (χ1) is 18.7. The largest absolute Gasteiger partial charge is 0.480 e. The Morgan fingerprint density at radius 3 is 2.51 bits per heavy atom. The van der Waals surface area contributed by atoms with Gasteiger partial charge in [-0.25, -0.2) is 4.79 Å². The van der Waals surface area contributed by atoms with Crippen molar-refractivity contribution in [3.8, 4) is 0 Å². The number of aromatic nitrogens is 1. The average molecular weight is 536 g/mol. The van der Waals surface area contributed by atoms with Gasteiger partial charge in [-0.3, -0.25) is 9.78 Å². The number of aliphatic carboxylic acids is 1. The molecule has 2 aliphatic rings. The number of carbonyl (C=O) groups is 2. The second kappa shape index (κ2) is 10.9. The minimum absolute atomic E-state index is 0.145. The van der Waals surface area contributed by atoms with Crippen molar-refractivity contribution in [3.63, 3.8) is 0 Å². The van der Waals surface area contributed by atoms with Crippen molar-refractivity contribution in [1.82, 2.24) is 9.88 Å². The number of benzene rings is 2. The van der Waals surface area contributed by atoms with E-state index in [2.05, 4.69) is 10.3 Å². The summed E-state index contributed by atoms with van der Waals surface area (Å²) in [6, 6.07) is 16.4. The highest BCUT2D eigenvalue weighted by atomic mass is 16.8. The lowest BCUT2D eigenvalue weighted by Crippen LogP contribution is -2.56. The molecule has 2 fully saturated rings. The van der Waals surface area contributed by atoms with Crippen molar-refractivity contribution in [3.05, 3.63) is 72.4 Å². The molecule has 0 saturated carbocycles. The second-order valence-electron chi connectivity index (χ2n) is 10.3. The molecule has 2 N–H and O–H groups in total. The van der Waals surface area contributed by atoms with E-state index in [9.17, 15) is 14.7 Å². The number of methoxy groups -OCH3 is 1. The molecule has 39 heavy (non-hydrogen) atoms. The molecule has 2 aliphatic heterocycles. The monoisotopic (exact) mass is 535 g/mol. The van der Waals surface area contributed by atoms with E-state index in [1.807, 2.05) is 60.7 Å². The minimum atomic E-state index is -1.11. The number of hydrogen-bond acceptors (Lipinski definition) is 8. The SMILES string of the molecule is CO[C@@H]1O[C@H]([C@H](Nc2cccc3cccnc23)C(=O)N(C)[C@@H](Cc2ccccc2)C(=O)O)[C@H]2OC(C)(C)O[C@@H]12. The van der Waals surface area contributed by atoms with Gasteiger partial charge in [0.05, 0.1) is 11.2 Å². The highest BCUT2D eigenvalue weighted by Gasteiger charge is 2.59. The fraction of sp³-hybridized carbons (Fsp3) is 0.414. The van der Waals surface area contributed by atoms with Gasteiger partial charge in [-0.15, -0.1) is 0 Å². The highest BCUT2D eigenvalue weighted by molar-refractivity contribution is 5.94. The predicted molar refractivity (Wildman–Crippen MR) is 143 cm³/mol. The molecule has 206 valence electrons. The molecule has 0 radical (unpaired) electrons. The number of hydrogen-bond donors (Lipinski definition) is 2. The number of nitrogens with one attached hydrogen (secondary N) is 1. The molecule has 2 saturated heterocycles. The van der Waals surface area contributed by atoms with E-state index in [1.165, 1.54) is 19.1 Å². The predicted octanol–water partition coefficient (Wildman–Crippen LogP) is 3.06. The molecule has 3 aromatic rings. The lowest BCUT2D eigenvalue weighted by Gasteiger charge is -2.34. The second-order valence-corrected chi connectivity index (χ2v) is 10.3. The maximum atomic E-state index is 14.2. The average Bonchev–Trinajstić information content (AvgIpc) is 3.42. The Bertz CT molecular complexity index is 1330. The van der Waals surface area contributed by atoms with Gasteiger partial charge in [-0.05, 0) is 31.5 Å². The summed E-state index contributed by atoms with van der Waals surface area (Å²) in [5.74, 6) is -2.49. The Morgan fingerprint density at radius 2 is 1.79 bits per heavy atom. The number of carboxylic acids is 1. The zero-order valence-electron chi connectivity index (χ0n) is 22.3. The number of ether oxygens (including phenoxy) is 4. The van der Waals surface area contributed by atoms with Gasteiger partial charge in [0, 0.05) is 32.2 Å². The van der Waals surface area contributed by atoms with Crippen molar-refractivity contribution in [2.45, 2.75) is 62.7 Å². The Balaban J connectivity index is 1.51. The summed E-state index contributed by atoms with van der Waals surface area (Å²) in [6.07, 6.45) is -0.999. The summed E-state index contributed by atoms with van der Waals surface area (Å²) in [6.45, 7) is 3.58. The van der Waals surface area contributed by atoms with Crippen molar-refractivity contribution in [2.75, 3.05) is 19.5 Å². The van der Waals surface area contributed by atoms with Crippen LogP contribution in [0.1, 0.15) is 19.4 Å². The van der Waals surface area contributed by atoms with E-state index < -0.39 is 54.3 Å². The van der Waals surface area contributed by atoms with Gasteiger partial charge < -0.3 is 34.3 Å². The van der Waals surface area contributed by atoms with E-state index in [0.29, 0.717) is 11.2 Å². The van der Waals surface area contributed by atoms with Crippen molar-refractivity contribution in [1.29, 1.82) is 0 Å². The van der Waals surface area contributed by atoms with Crippen LogP contribution in [0.25, 0.3) is 10.9 Å². The molecule has 3 heterocycles. The summed E-state index contributed by atoms with van der Waals surface area (Å²) in [7, 11) is 3.00. The van der Waals surface area contributed by atoms with Crippen molar-refractivity contribution >= 4 is 28.5 Å². The molecule has 6 atom stereocenters. The van der Waals surface area contributed by atoms with Crippen LogP contribution in [0.15, 0.2) is 66.9 Å². The van der Waals surface area contributed by atoms with Crippen LogP contribution < -0.4 is 5.32 Å². The van der Waals surface area contributed by atoms with Crippen LogP contribution >= 0.6 is 0 Å². The number of nitrogens with zero attached hydrogens (tertiary/aromatic N) is 2. The molecule has 10 heteroatoms. The highest BCUT2D eigenvalue weighted by Crippen LogP contribution is 2.41. The molecule has 10 nitrogen and oxygen atoms in total. The molecule has 5 rings (SSSR count). The molecule has 0 unspecified atom stereocenters. The smallest absolute Gasteiger partial charge is 0.326 e. The van der Waals surface area contributed by atoms with Gasteiger partial charge in [0.25, 0.3) is 0 Å². The van der Waals surface area contributed by atoms with E-state index in [1.54, 1.807) is 20.0 Å². The first-order valence-electron chi connectivity index (χ1n) is 12.9. The third-order valence-electron chi connectivity index (χ3n) is 7.19.